The van der Waals surface area contributed by atoms with Crippen LogP contribution >= 0.6 is 0 Å². The molecule has 0 aliphatic heterocycles. The molecule has 0 atom stereocenters. The molecular formula is C25H31N5. The van der Waals surface area contributed by atoms with Gasteiger partial charge in [0.05, 0.1) is 12.2 Å². The predicted molar refractivity (Wildman–Crippen MR) is 126 cm³/mol. The summed E-state index contributed by atoms with van der Waals surface area (Å²) >= 11 is 0. The molecule has 0 N–H and O–H groups in total. The summed E-state index contributed by atoms with van der Waals surface area (Å²) in [5.41, 5.74) is 5.22. The molecule has 0 saturated heterocycles. The van der Waals surface area contributed by atoms with E-state index in [9.17, 15) is 0 Å². The van der Waals surface area contributed by atoms with E-state index in [0.29, 0.717) is 11.9 Å². The Labute approximate surface area is 179 Å². The van der Waals surface area contributed by atoms with Crippen LogP contribution in [-0.2, 0) is 0 Å². The summed E-state index contributed by atoms with van der Waals surface area (Å²) in [6.07, 6.45) is 16.4. The molecular weight excluding hydrogens is 370 g/mol. The second-order valence-electron chi connectivity index (χ2n) is 7.45. The highest BCUT2D eigenvalue weighted by molar-refractivity contribution is 6.09. The van der Waals surface area contributed by atoms with Gasteiger partial charge in [-0.25, -0.2) is 9.97 Å². The molecule has 0 bridgehead atoms. The van der Waals surface area contributed by atoms with Crippen LogP contribution in [0.4, 0.5) is 0 Å². The maximum absolute atomic E-state index is 4.62. The minimum atomic E-state index is 0.462. The molecule has 5 nitrogen and oxygen atoms in total. The normalized spacial score (nSPS) is 12.2. The fourth-order valence-corrected chi connectivity index (χ4v) is 3.68. The van der Waals surface area contributed by atoms with E-state index in [0.717, 1.165) is 53.5 Å². The second kappa shape index (κ2) is 10.6. The molecule has 2 aromatic heterocycles. The number of hydrogen-bond donors (Lipinski definition) is 0. The summed E-state index contributed by atoms with van der Waals surface area (Å²) in [5, 5.41) is 4.61. The van der Waals surface area contributed by atoms with Crippen LogP contribution in [0.15, 0.2) is 60.1 Å². The highest BCUT2D eigenvalue weighted by Crippen LogP contribution is 2.25. The summed E-state index contributed by atoms with van der Waals surface area (Å²) < 4.78 is 2.10. The van der Waals surface area contributed by atoms with Crippen LogP contribution in [-0.4, -0.2) is 33.0 Å². The third-order valence-electron chi connectivity index (χ3n) is 5.24. The third-order valence-corrected chi connectivity index (χ3v) is 5.24. The van der Waals surface area contributed by atoms with E-state index in [1.165, 1.54) is 0 Å². The molecule has 1 aromatic carbocycles. The van der Waals surface area contributed by atoms with E-state index >= 15 is 0 Å². The first kappa shape index (κ1) is 21.6. The van der Waals surface area contributed by atoms with Gasteiger partial charge in [-0.3, -0.25) is 9.67 Å². The van der Waals surface area contributed by atoms with Crippen LogP contribution in [0, 0.1) is 0 Å². The standard InChI is InChI=1S/C25H31N5/c1-5-9-24(10-6-2)30-18-23(17-29-30)22-15-27-25(28-16-22)21-12-8-11-20(13-21)19(7-3)14-26-4/h7-8,11-18,24H,5-6,9-10H2,1-4H3/b19-7+,26-14?. The van der Waals surface area contributed by atoms with E-state index in [2.05, 4.69) is 63.0 Å². The summed E-state index contributed by atoms with van der Waals surface area (Å²) in [6.45, 7) is 6.46. The first-order valence-electron chi connectivity index (χ1n) is 10.8. The van der Waals surface area contributed by atoms with Crippen molar-refractivity contribution in [1.82, 2.24) is 19.7 Å². The van der Waals surface area contributed by atoms with Crippen molar-refractivity contribution in [2.75, 3.05) is 7.05 Å². The second-order valence-corrected chi connectivity index (χ2v) is 7.45. The fraction of sp³-hybridized carbons (Fsp3) is 0.360. The van der Waals surface area contributed by atoms with Gasteiger partial charge in [-0.05, 0) is 37.0 Å². The molecule has 2 heterocycles. The van der Waals surface area contributed by atoms with Gasteiger partial charge in [0.1, 0.15) is 0 Å². The van der Waals surface area contributed by atoms with Crippen molar-refractivity contribution in [2.24, 2.45) is 4.99 Å². The van der Waals surface area contributed by atoms with Crippen LogP contribution in [0.3, 0.4) is 0 Å². The van der Waals surface area contributed by atoms with Gasteiger partial charge in [-0.1, -0.05) is 51.0 Å². The number of allylic oxidation sites excluding steroid dienone is 2. The zero-order valence-corrected chi connectivity index (χ0v) is 18.4. The summed E-state index contributed by atoms with van der Waals surface area (Å²) in [7, 11) is 1.78. The van der Waals surface area contributed by atoms with Crippen LogP contribution < -0.4 is 0 Å². The molecule has 0 aliphatic carbocycles. The van der Waals surface area contributed by atoms with Gasteiger partial charge < -0.3 is 0 Å². The summed E-state index contributed by atoms with van der Waals surface area (Å²) in [5.74, 6) is 0.715. The van der Waals surface area contributed by atoms with E-state index in [4.69, 9.17) is 0 Å². The van der Waals surface area contributed by atoms with Crippen LogP contribution in [0.2, 0.25) is 0 Å². The zero-order valence-electron chi connectivity index (χ0n) is 18.4. The quantitative estimate of drug-likeness (QED) is 0.398. The van der Waals surface area contributed by atoms with Gasteiger partial charge in [0.25, 0.3) is 0 Å². The Morgan fingerprint density at radius 2 is 1.77 bits per heavy atom. The van der Waals surface area contributed by atoms with Gasteiger partial charge in [-0.15, -0.1) is 0 Å². The molecule has 0 spiro atoms. The lowest BCUT2D eigenvalue weighted by Gasteiger charge is -2.15. The average Bonchev–Trinajstić information content (AvgIpc) is 3.28. The van der Waals surface area contributed by atoms with Gasteiger partial charge in [0.15, 0.2) is 5.82 Å². The molecule has 3 rings (SSSR count). The maximum Gasteiger partial charge on any atom is 0.159 e. The van der Waals surface area contributed by atoms with Crippen molar-refractivity contribution in [2.45, 2.75) is 52.5 Å². The summed E-state index contributed by atoms with van der Waals surface area (Å²) in [4.78, 5) is 13.4. The molecule has 0 saturated carbocycles. The minimum absolute atomic E-state index is 0.462. The molecule has 0 aliphatic rings. The lowest BCUT2D eigenvalue weighted by atomic mass is 10.0. The Balaban J connectivity index is 1.82. The molecule has 0 fully saturated rings. The molecule has 5 heteroatoms. The maximum atomic E-state index is 4.62. The molecule has 0 unspecified atom stereocenters. The Bertz CT molecular complexity index is 992. The molecule has 0 amide bonds. The molecule has 156 valence electrons. The first-order chi connectivity index (χ1) is 14.7. The van der Waals surface area contributed by atoms with Gasteiger partial charge in [0.2, 0.25) is 0 Å². The Hall–Kier alpha value is -3.08. The zero-order chi connectivity index (χ0) is 21.3. The summed E-state index contributed by atoms with van der Waals surface area (Å²) in [6, 6.07) is 8.70. The van der Waals surface area contributed by atoms with Crippen LogP contribution in [0.25, 0.3) is 28.1 Å². The van der Waals surface area contributed by atoms with Crippen molar-refractivity contribution in [1.29, 1.82) is 0 Å². The average molecular weight is 402 g/mol. The van der Waals surface area contributed by atoms with Crippen molar-refractivity contribution in [3.05, 3.63) is 60.7 Å². The van der Waals surface area contributed by atoms with Crippen molar-refractivity contribution >= 4 is 11.8 Å². The number of hydrogen-bond acceptors (Lipinski definition) is 4. The van der Waals surface area contributed by atoms with Crippen LogP contribution in [0.1, 0.15) is 58.1 Å². The highest BCUT2D eigenvalue weighted by atomic mass is 15.3. The van der Waals surface area contributed by atoms with Gasteiger partial charge >= 0.3 is 0 Å². The van der Waals surface area contributed by atoms with Crippen molar-refractivity contribution in [3.8, 4) is 22.5 Å². The van der Waals surface area contributed by atoms with E-state index < -0.39 is 0 Å². The van der Waals surface area contributed by atoms with E-state index in [1.54, 1.807) is 7.05 Å². The minimum Gasteiger partial charge on any atom is -0.296 e. The predicted octanol–water partition coefficient (Wildman–Crippen LogP) is 6.25. The van der Waals surface area contributed by atoms with Crippen LogP contribution in [0.5, 0.6) is 0 Å². The Morgan fingerprint density at radius 1 is 1.03 bits per heavy atom. The van der Waals surface area contributed by atoms with Gasteiger partial charge in [-0.2, -0.15) is 5.10 Å². The number of aliphatic imine (C=N–C) groups is 1. The highest BCUT2D eigenvalue weighted by Gasteiger charge is 2.12. The van der Waals surface area contributed by atoms with Gasteiger partial charge in [0, 0.05) is 48.5 Å². The monoisotopic (exact) mass is 401 g/mol. The van der Waals surface area contributed by atoms with E-state index in [1.807, 2.05) is 43.9 Å². The third kappa shape index (κ3) is 5.09. The van der Waals surface area contributed by atoms with E-state index in [-0.39, 0.29) is 0 Å². The lowest BCUT2D eigenvalue weighted by Crippen LogP contribution is -2.08. The number of nitrogens with zero attached hydrogens (tertiary/aromatic N) is 5. The number of benzene rings is 1. The van der Waals surface area contributed by atoms with Crippen molar-refractivity contribution < 1.29 is 0 Å². The Morgan fingerprint density at radius 3 is 2.40 bits per heavy atom. The smallest absolute Gasteiger partial charge is 0.159 e. The molecule has 3 aromatic rings. The number of aromatic nitrogens is 4. The number of rotatable bonds is 9. The SMILES string of the molecule is C/C=C(\C=NC)c1cccc(-c2ncc(-c3cnn(C(CCC)CCC)c3)cn2)c1. The largest absolute Gasteiger partial charge is 0.296 e. The lowest BCUT2D eigenvalue weighted by molar-refractivity contribution is 0.391. The topological polar surface area (TPSA) is 56.0 Å². The van der Waals surface area contributed by atoms with Crippen molar-refractivity contribution in [3.63, 3.8) is 0 Å². The first-order valence-corrected chi connectivity index (χ1v) is 10.8. The fourth-order valence-electron chi connectivity index (χ4n) is 3.68. The molecule has 30 heavy (non-hydrogen) atoms. The molecule has 0 radical (unpaired) electrons. The Kier molecular flexibility index (Phi) is 7.66.